The lowest BCUT2D eigenvalue weighted by molar-refractivity contribution is 0.923. The van der Waals surface area contributed by atoms with Crippen LogP contribution in [-0.2, 0) is 6.42 Å². The smallest absolute Gasteiger partial charge is 0.0626 e. The average Bonchev–Trinajstić information content (AvgIpc) is 2.68. The zero-order valence-electron chi connectivity index (χ0n) is 8.91. The zero-order chi connectivity index (χ0) is 11.5. The van der Waals surface area contributed by atoms with Crippen molar-refractivity contribution in [1.82, 2.24) is 0 Å². The third kappa shape index (κ3) is 3.00. The summed E-state index contributed by atoms with van der Waals surface area (Å²) < 4.78 is 0. The summed E-state index contributed by atoms with van der Waals surface area (Å²) in [6.07, 6.45) is 0.852. The third-order valence-corrected chi connectivity index (χ3v) is 3.78. The van der Waals surface area contributed by atoms with Crippen LogP contribution in [-0.4, -0.2) is 0 Å². The van der Waals surface area contributed by atoms with Crippen molar-refractivity contribution in [3.05, 3.63) is 56.7 Å². The highest BCUT2D eigenvalue weighted by molar-refractivity contribution is 7.07. The fraction of sp³-hybridized carbons (Fsp3) is 0.231. The first kappa shape index (κ1) is 12.0. The number of halogens is 2. The van der Waals surface area contributed by atoms with Gasteiger partial charge in [-0.2, -0.15) is 11.3 Å². The van der Waals surface area contributed by atoms with Gasteiger partial charge in [-0.05, 0) is 59.0 Å². The van der Waals surface area contributed by atoms with Crippen molar-refractivity contribution in [3.8, 4) is 0 Å². The van der Waals surface area contributed by atoms with Gasteiger partial charge in [0.15, 0.2) is 0 Å². The highest BCUT2D eigenvalue weighted by Gasteiger charge is 2.10. The molecule has 0 amide bonds. The number of aryl methyl sites for hydroxylation is 1. The summed E-state index contributed by atoms with van der Waals surface area (Å²) >= 11 is 14.1. The molecule has 1 aromatic carbocycles. The SMILES string of the molecule is Cc1cc(Cl)cc(C(Cl)Cc2ccsc2)c1. The number of benzene rings is 1. The fourth-order valence-electron chi connectivity index (χ4n) is 1.68. The number of rotatable bonds is 3. The van der Waals surface area contributed by atoms with Crippen LogP contribution in [0.2, 0.25) is 5.02 Å². The van der Waals surface area contributed by atoms with Gasteiger partial charge in [0.05, 0.1) is 5.38 Å². The molecule has 2 rings (SSSR count). The molecule has 0 saturated carbocycles. The summed E-state index contributed by atoms with van der Waals surface area (Å²) in [7, 11) is 0. The molecule has 1 heterocycles. The Morgan fingerprint density at radius 1 is 1.31 bits per heavy atom. The van der Waals surface area contributed by atoms with E-state index in [2.05, 4.69) is 22.9 Å². The molecule has 0 aliphatic rings. The predicted octanol–water partition coefficient (Wildman–Crippen LogP) is 5.23. The number of hydrogen-bond donors (Lipinski definition) is 0. The maximum Gasteiger partial charge on any atom is 0.0626 e. The van der Waals surface area contributed by atoms with Gasteiger partial charge in [-0.1, -0.05) is 17.7 Å². The second-order valence-corrected chi connectivity index (χ2v) is 5.61. The zero-order valence-corrected chi connectivity index (χ0v) is 11.2. The van der Waals surface area contributed by atoms with Crippen LogP contribution in [0, 0.1) is 6.92 Å². The molecule has 1 unspecified atom stereocenters. The fourth-order valence-corrected chi connectivity index (χ4v) is 2.96. The third-order valence-electron chi connectivity index (χ3n) is 2.42. The van der Waals surface area contributed by atoms with Crippen LogP contribution in [0.5, 0.6) is 0 Å². The minimum absolute atomic E-state index is 0.00741. The highest BCUT2D eigenvalue weighted by atomic mass is 35.5. The van der Waals surface area contributed by atoms with Gasteiger partial charge in [0, 0.05) is 5.02 Å². The Labute approximate surface area is 110 Å². The van der Waals surface area contributed by atoms with E-state index in [1.54, 1.807) is 11.3 Å². The van der Waals surface area contributed by atoms with Crippen LogP contribution >= 0.6 is 34.5 Å². The molecule has 0 spiro atoms. The van der Waals surface area contributed by atoms with Crippen LogP contribution in [0.4, 0.5) is 0 Å². The van der Waals surface area contributed by atoms with Crippen LogP contribution in [0.15, 0.2) is 35.0 Å². The molecule has 2 aromatic rings. The number of hydrogen-bond acceptors (Lipinski definition) is 1. The van der Waals surface area contributed by atoms with E-state index in [0.29, 0.717) is 0 Å². The molecule has 0 saturated heterocycles. The molecular formula is C13H12Cl2S. The van der Waals surface area contributed by atoms with Gasteiger partial charge < -0.3 is 0 Å². The van der Waals surface area contributed by atoms with Crippen LogP contribution < -0.4 is 0 Å². The van der Waals surface area contributed by atoms with E-state index in [1.807, 2.05) is 19.1 Å². The van der Waals surface area contributed by atoms with Crippen molar-refractivity contribution in [2.24, 2.45) is 0 Å². The Hall–Kier alpha value is -0.500. The quantitative estimate of drug-likeness (QED) is 0.670. The van der Waals surface area contributed by atoms with Gasteiger partial charge in [-0.25, -0.2) is 0 Å². The van der Waals surface area contributed by atoms with E-state index in [0.717, 1.165) is 22.6 Å². The van der Waals surface area contributed by atoms with Gasteiger partial charge in [0.2, 0.25) is 0 Å². The molecular weight excluding hydrogens is 259 g/mol. The van der Waals surface area contributed by atoms with E-state index in [4.69, 9.17) is 23.2 Å². The molecule has 0 aliphatic carbocycles. The van der Waals surface area contributed by atoms with E-state index in [9.17, 15) is 0 Å². The Morgan fingerprint density at radius 3 is 2.75 bits per heavy atom. The van der Waals surface area contributed by atoms with E-state index < -0.39 is 0 Å². The summed E-state index contributed by atoms with van der Waals surface area (Å²) in [6.45, 7) is 2.03. The predicted molar refractivity (Wildman–Crippen MR) is 72.8 cm³/mol. The second-order valence-electron chi connectivity index (χ2n) is 3.87. The Balaban J connectivity index is 2.17. The lowest BCUT2D eigenvalue weighted by atomic mass is 10.0. The molecule has 0 fully saturated rings. The molecule has 1 aromatic heterocycles. The van der Waals surface area contributed by atoms with E-state index in [-0.39, 0.29) is 5.38 Å². The average molecular weight is 271 g/mol. The molecule has 1 atom stereocenters. The first-order chi connectivity index (χ1) is 7.65. The van der Waals surface area contributed by atoms with Crippen LogP contribution in [0.25, 0.3) is 0 Å². The standard InChI is InChI=1S/C13H12Cl2S/c1-9-4-11(7-12(14)5-9)13(15)6-10-2-3-16-8-10/h2-5,7-8,13H,6H2,1H3. The minimum Gasteiger partial charge on any atom is -0.152 e. The van der Waals surface area contributed by atoms with Crippen LogP contribution in [0.1, 0.15) is 22.1 Å². The lowest BCUT2D eigenvalue weighted by Crippen LogP contribution is -1.95. The molecule has 84 valence electrons. The largest absolute Gasteiger partial charge is 0.152 e. The number of alkyl halides is 1. The van der Waals surface area contributed by atoms with Gasteiger partial charge in [0.25, 0.3) is 0 Å². The van der Waals surface area contributed by atoms with Gasteiger partial charge in [0.1, 0.15) is 0 Å². The van der Waals surface area contributed by atoms with Crippen molar-refractivity contribution in [1.29, 1.82) is 0 Å². The van der Waals surface area contributed by atoms with E-state index >= 15 is 0 Å². The highest BCUT2D eigenvalue weighted by Crippen LogP contribution is 2.28. The summed E-state index contributed by atoms with van der Waals surface area (Å²) in [6, 6.07) is 8.09. The molecule has 0 N–H and O–H groups in total. The van der Waals surface area contributed by atoms with Gasteiger partial charge >= 0.3 is 0 Å². The monoisotopic (exact) mass is 270 g/mol. The molecule has 0 aliphatic heterocycles. The topological polar surface area (TPSA) is 0 Å². The molecule has 3 heteroatoms. The molecule has 16 heavy (non-hydrogen) atoms. The number of thiophene rings is 1. The summed E-state index contributed by atoms with van der Waals surface area (Å²) in [5.41, 5.74) is 3.53. The lowest BCUT2D eigenvalue weighted by Gasteiger charge is -2.10. The van der Waals surface area contributed by atoms with E-state index in [1.165, 1.54) is 5.56 Å². The minimum atomic E-state index is -0.00741. The maximum absolute atomic E-state index is 6.39. The second kappa shape index (κ2) is 5.22. The Bertz CT molecular complexity index is 443. The summed E-state index contributed by atoms with van der Waals surface area (Å²) in [4.78, 5) is 0. The van der Waals surface area contributed by atoms with Crippen molar-refractivity contribution in [2.45, 2.75) is 18.7 Å². The first-order valence-electron chi connectivity index (χ1n) is 5.07. The van der Waals surface area contributed by atoms with Crippen molar-refractivity contribution >= 4 is 34.5 Å². The van der Waals surface area contributed by atoms with Crippen LogP contribution in [0.3, 0.4) is 0 Å². The van der Waals surface area contributed by atoms with Gasteiger partial charge in [-0.15, -0.1) is 11.6 Å². The Morgan fingerprint density at radius 2 is 2.12 bits per heavy atom. The van der Waals surface area contributed by atoms with Gasteiger partial charge in [-0.3, -0.25) is 0 Å². The maximum atomic E-state index is 6.39. The summed E-state index contributed by atoms with van der Waals surface area (Å²) in [5.74, 6) is 0. The molecule has 0 nitrogen and oxygen atoms in total. The summed E-state index contributed by atoms with van der Waals surface area (Å²) in [5, 5.41) is 4.95. The molecule has 0 radical (unpaired) electrons. The Kier molecular flexibility index (Phi) is 3.91. The molecule has 0 bridgehead atoms. The van der Waals surface area contributed by atoms with Crippen molar-refractivity contribution in [3.63, 3.8) is 0 Å². The first-order valence-corrected chi connectivity index (χ1v) is 6.83. The van der Waals surface area contributed by atoms with Crippen molar-refractivity contribution < 1.29 is 0 Å². The van der Waals surface area contributed by atoms with Crippen molar-refractivity contribution in [2.75, 3.05) is 0 Å². The normalized spacial score (nSPS) is 12.7.